The van der Waals surface area contributed by atoms with E-state index in [4.69, 9.17) is 0 Å². The molecule has 1 aliphatic carbocycles. The Morgan fingerprint density at radius 3 is 2.56 bits per heavy atom. The molecule has 1 heteroatoms. The van der Waals surface area contributed by atoms with E-state index in [0.717, 1.165) is 12.8 Å². The van der Waals surface area contributed by atoms with Gasteiger partial charge in [0.1, 0.15) is 0 Å². The maximum Gasteiger partial charge on any atom is 0.0459 e. The van der Waals surface area contributed by atoms with Gasteiger partial charge < -0.3 is 4.98 Å². The summed E-state index contributed by atoms with van der Waals surface area (Å²) in [6.45, 7) is 2.16. The maximum absolute atomic E-state index is 3.58. The molecule has 0 spiro atoms. The molecule has 0 fully saturated rings. The van der Waals surface area contributed by atoms with Gasteiger partial charge in [0, 0.05) is 29.4 Å². The molecule has 88 valence electrons. The lowest BCUT2D eigenvalue weighted by molar-refractivity contribution is 0.981. The van der Waals surface area contributed by atoms with Gasteiger partial charge in [0.2, 0.25) is 0 Å². The number of hydrogen-bond acceptors (Lipinski definition) is 0. The minimum Gasteiger partial charge on any atom is -0.358 e. The van der Waals surface area contributed by atoms with Crippen molar-refractivity contribution in [3.05, 3.63) is 70.4 Å². The predicted octanol–water partition coefficient (Wildman–Crippen LogP) is 3.97. The van der Waals surface area contributed by atoms with Crippen molar-refractivity contribution in [2.24, 2.45) is 0 Å². The van der Waals surface area contributed by atoms with Crippen molar-refractivity contribution in [1.29, 1.82) is 0 Å². The first kappa shape index (κ1) is 9.95. The minimum absolute atomic E-state index is 1.04. The quantitative estimate of drug-likeness (QED) is 0.473. The van der Waals surface area contributed by atoms with Gasteiger partial charge in [0.15, 0.2) is 0 Å². The summed E-state index contributed by atoms with van der Waals surface area (Å²) in [6.07, 6.45) is 2.11. The molecule has 0 atom stereocenters. The lowest BCUT2D eigenvalue weighted by Gasteiger charge is -2.16. The number of hydrogen-bond donors (Lipinski definition) is 1. The second-order valence-corrected chi connectivity index (χ2v) is 5.25. The number of aromatic amines is 1. The first-order chi connectivity index (χ1) is 8.81. The van der Waals surface area contributed by atoms with E-state index < -0.39 is 0 Å². The summed E-state index contributed by atoms with van der Waals surface area (Å²) in [7, 11) is 0. The molecule has 1 aliphatic rings. The highest BCUT2D eigenvalue weighted by Gasteiger charge is 2.19. The van der Waals surface area contributed by atoms with Crippen LogP contribution in [0.25, 0.3) is 10.9 Å². The molecule has 1 heterocycles. The number of rotatable bonds is 0. The molecular weight excluding hydrogens is 218 g/mol. The summed E-state index contributed by atoms with van der Waals surface area (Å²) in [6, 6.07) is 15.5. The van der Waals surface area contributed by atoms with Gasteiger partial charge in [-0.05, 0) is 35.7 Å². The van der Waals surface area contributed by atoms with E-state index in [1.807, 2.05) is 0 Å². The number of aryl methyl sites for hydroxylation is 1. The van der Waals surface area contributed by atoms with Crippen molar-refractivity contribution in [2.45, 2.75) is 19.8 Å². The lowest BCUT2D eigenvalue weighted by atomic mass is 9.89. The monoisotopic (exact) mass is 233 g/mol. The Balaban J connectivity index is 1.96. The molecule has 18 heavy (non-hydrogen) atoms. The summed E-state index contributed by atoms with van der Waals surface area (Å²) in [5, 5.41) is 1.40. The van der Waals surface area contributed by atoms with Gasteiger partial charge in [0.05, 0.1) is 0 Å². The summed E-state index contributed by atoms with van der Waals surface area (Å²) in [5.41, 5.74) is 8.45. The fraction of sp³-hybridized carbons (Fsp3) is 0.176. The Labute approximate surface area is 106 Å². The van der Waals surface area contributed by atoms with Crippen LogP contribution in [0.5, 0.6) is 0 Å². The van der Waals surface area contributed by atoms with E-state index in [1.165, 1.54) is 38.9 Å². The average Bonchev–Trinajstić information content (AvgIpc) is 2.73. The van der Waals surface area contributed by atoms with Crippen LogP contribution < -0.4 is 0 Å². The summed E-state index contributed by atoms with van der Waals surface area (Å²) >= 11 is 0. The van der Waals surface area contributed by atoms with Gasteiger partial charge in [0.25, 0.3) is 0 Å². The average molecular weight is 233 g/mol. The minimum atomic E-state index is 1.04. The molecule has 1 aromatic heterocycles. The zero-order chi connectivity index (χ0) is 12.1. The van der Waals surface area contributed by atoms with E-state index in [9.17, 15) is 0 Å². The van der Waals surface area contributed by atoms with Gasteiger partial charge in [-0.15, -0.1) is 0 Å². The number of fused-ring (bicyclic) bond motifs is 4. The van der Waals surface area contributed by atoms with Crippen LogP contribution in [0.2, 0.25) is 0 Å². The third-order valence-corrected chi connectivity index (χ3v) is 4.00. The first-order valence-corrected chi connectivity index (χ1v) is 6.48. The third kappa shape index (κ3) is 1.34. The Hall–Kier alpha value is -2.02. The van der Waals surface area contributed by atoms with E-state index in [2.05, 4.69) is 54.4 Å². The van der Waals surface area contributed by atoms with Crippen LogP contribution in [0, 0.1) is 6.92 Å². The van der Waals surface area contributed by atoms with Crippen LogP contribution in [0.4, 0.5) is 0 Å². The highest BCUT2D eigenvalue weighted by molar-refractivity contribution is 5.86. The SMILES string of the molecule is Cc1ccc2[nH]c3c(c2c1)Cc1ccccc1C3. The Bertz CT molecular complexity index is 749. The van der Waals surface area contributed by atoms with Crippen LogP contribution in [-0.2, 0) is 12.8 Å². The van der Waals surface area contributed by atoms with Crippen molar-refractivity contribution in [2.75, 3.05) is 0 Å². The highest BCUT2D eigenvalue weighted by atomic mass is 14.7. The zero-order valence-electron chi connectivity index (χ0n) is 10.5. The smallest absolute Gasteiger partial charge is 0.0459 e. The van der Waals surface area contributed by atoms with Crippen LogP contribution >= 0.6 is 0 Å². The van der Waals surface area contributed by atoms with Crippen molar-refractivity contribution >= 4 is 10.9 Å². The fourth-order valence-corrected chi connectivity index (χ4v) is 3.05. The van der Waals surface area contributed by atoms with Gasteiger partial charge in [-0.2, -0.15) is 0 Å². The molecule has 0 saturated carbocycles. The molecule has 3 aromatic rings. The van der Waals surface area contributed by atoms with Crippen LogP contribution in [0.3, 0.4) is 0 Å². The van der Waals surface area contributed by atoms with Crippen molar-refractivity contribution < 1.29 is 0 Å². The number of nitrogens with one attached hydrogen (secondary N) is 1. The maximum atomic E-state index is 3.58. The standard InChI is InChI=1S/C17H15N/c1-11-6-7-16-14(8-11)15-9-12-4-2-3-5-13(12)10-17(15)18-16/h2-8,18H,9-10H2,1H3. The van der Waals surface area contributed by atoms with Gasteiger partial charge in [-0.3, -0.25) is 0 Å². The summed E-state index contributed by atoms with van der Waals surface area (Å²) < 4.78 is 0. The topological polar surface area (TPSA) is 15.8 Å². The van der Waals surface area contributed by atoms with Gasteiger partial charge in [-0.1, -0.05) is 35.9 Å². The van der Waals surface area contributed by atoms with Gasteiger partial charge >= 0.3 is 0 Å². The Kier molecular flexibility index (Phi) is 1.93. The Morgan fingerprint density at radius 2 is 1.72 bits per heavy atom. The van der Waals surface area contributed by atoms with E-state index >= 15 is 0 Å². The molecule has 1 nitrogen and oxygen atoms in total. The normalized spacial score (nSPS) is 13.4. The van der Waals surface area contributed by atoms with E-state index in [1.54, 1.807) is 0 Å². The molecule has 4 rings (SSSR count). The fourth-order valence-electron chi connectivity index (χ4n) is 3.05. The second kappa shape index (κ2) is 3.49. The predicted molar refractivity (Wildman–Crippen MR) is 75.1 cm³/mol. The van der Waals surface area contributed by atoms with E-state index in [0.29, 0.717) is 0 Å². The molecule has 2 aromatic carbocycles. The highest BCUT2D eigenvalue weighted by Crippen LogP contribution is 2.32. The van der Waals surface area contributed by atoms with Crippen LogP contribution in [0.1, 0.15) is 27.9 Å². The molecule has 1 N–H and O–H groups in total. The van der Waals surface area contributed by atoms with Crippen LogP contribution in [-0.4, -0.2) is 4.98 Å². The van der Waals surface area contributed by atoms with E-state index in [-0.39, 0.29) is 0 Å². The Morgan fingerprint density at radius 1 is 0.944 bits per heavy atom. The molecule has 0 unspecified atom stereocenters. The molecular formula is C17H15N. The van der Waals surface area contributed by atoms with Crippen molar-refractivity contribution in [3.63, 3.8) is 0 Å². The summed E-state index contributed by atoms with van der Waals surface area (Å²) in [5.74, 6) is 0. The molecule has 0 bridgehead atoms. The number of H-pyrrole nitrogens is 1. The molecule has 0 saturated heterocycles. The molecule has 0 aliphatic heterocycles. The third-order valence-electron chi connectivity index (χ3n) is 4.00. The van der Waals surface area contributed by atoms with Crippen molar-refractivity contribution in [3.8, 4) is 0 Å². The number of benzene rings is 2. The van der Waals surface area contributed by atoms with Gasteiger partial charge in [-0.25, -0.2) is 0 Å². The first-order valence-electron chi connectivity index (χ1n) is 6.48. The molecule has 0 amide bonds. The van der Waals surface area contributed by atoms with Crippen molar-refractivity contribution in [1.82, 2.24) is 4.98 Å². The lowest BCUT2D eigenvalue weighted by Crippen LogP contribution is -2.05. The van der Waals surface area contributed by atoms with Crippen LogP contribution in [0.15, 0.2) is 42.5 Å². The largest absolute Gasteiger partial charge is 0.358 e. The molecule has 0 radical (unpaired) electrons. The zero-order valence-corrected chi connectivity index (χ0v) is 10.5. The number of aromatic nitrogens is 1. The summed E-state index contributed by atoms with van der Waals surface area (Å²) in [4.78, 5) is 3.58. The second-order valence-electron chi connectivity index (χ2n) is 5.25.